The summed E-state index contributed by atoms with van der Waals surface area (Å²) in [5.41, 5.74) is 5.00. The molecule has 0 saturated heterocycles. The third kappa shape index (κ3) is 3.26. The zero-order chi connectivity index (χ0) is 16.2. The predicted octanol–water partition coefficient (Wildman–Crippen LogP) is 3.66. The highest BCUT2D eigenvalue weighted by Gasteiger charge is 2.08. The first-order chi connectivity index (χ1) is 11.2. The number of aromatic nitrogens is 2. The molecule has 0 radical (unpaired) electrons. The predicted molar refractivity (Wildman–Crippen MR) is 91.7 cm³/mol. The van der Waals surface area contributed by atoms with Crippen molar-refractivity contribution in [1.82, 2.24) is 15.3 Å². The third-order valence-electron chi connectivity index (χ3n) is 3.76. The molecule has 1 heterocycles. The van der Waals surface area contributed by atoms with Crippen LogP contribution in [-0.4, -0.2) is 15.9 Å². The van der Waals surface area contributed by atoms with Crippen LogP contribution < -0.4 is 5.32 Å². The Kier molecular flexibility index (Phi) is 4.15. The van der Waals surface area contributed by atoms with Gasteiger partial charge < -0.3 is 5.32 Å². The van der Waals surface area contributed by atoms with E-state index in [-0.39, 0.29) is 11.9 Å². The van der Waals surface area contributed by atoms with Crippen molar-refractivity contribution >= 4 is 16.9 Å². The molecule has 1 N–H and O–H groups in total. The number of hydrogen-bond acceptors (Lipinski definition) is 3. The summed E-state index contributed by atoms with van der Waals surface area (Å²) in [6, 6.07) is 14.1. The Morgan fingerprint density at radius 1 is 1.04 bits per heavy atom. The van der Waals surface area contributed by atoms with E-state index < -0.39 is 0 Å². The van der Waals surface area contributed by atoms with Gasteiger partial charge in [0.2, 0.25) is 5.91 Å². The summed E-state index contributed by atoms with van der Waals surface area (Å²) in [6.45, 7) is 5.41. The van der Waals surface area contributed by atoms with E-state index in [0.717, 1.165) is 27.7 Å². The quantitative estimate of drug-likeness (QED) is 0.748. The number of fused-ring (bicyclic) bond motifs is 1. The van der Waals surface area contributed by atoms with Gasteiger partial charge in [-0.05, 0) is 41.8 Å². The van der Waals surface area contributed by atoms with Crippen molar-refractivity contribution in [2.75, 3.05) is 0 Å². The van der Waals surface area contributed by atoms with Crippen molar-refractivity contribution < 1.29 is 4.79 Å². The summed E-state index contributed by atoms with van der Waals surface area (Å²) in [7, 11) is 0. The molecule has 1 aromatic heterocycles. The zero-order valence-electron chi connectivity index (χ0n) is 12.9. The second-order valence-electron chi connectivity index (χ2n) is 5.32. The van der Waals surface area contributed by atoms with Gasteiger partial charge in [0.1, 0.15) is 0 Å². The first kappa shape index (κ1) is 14.9. The van der Waals surface area contributed by atoms with Gasteiger partial charge in [0.15, 0.2) is 0 Å². The Morgan fingerprint density at radius 2 is 1.70 bits per heavy atom. The molecule has 1 atom stereocenters. The molecule has 0 bridgehead atoms. The lowest BCUT2D eigenvalue weighted by Gasteiger charge is -2.13. The third-order valence-corrected chi connectivity index (χ3v) is 3.76. The molecule has 0 unspecified atom stereocenters. The Hall–Kier alpha value is -3.01. The fourth-order valence-corrected chi connectivity index (χ4v) is 2.46. The van der Waals surface area contributed by atoms with Crippen LogP contribution in [0.4, 0.5) is 0 Å². The molecule has 0 fully saturated rings. The van der Waals surface area contributed by atoms with Gasteiger partial charge in [-0.3, -0.25) is 14.8 Å². The molecule has 1 amide bonds. The molecule has 114 valence electrons. The number of nitrogens with one attached hydrogen (secondary N) is 1. The monoisotopic (exact) mass is 303 g/mol. The highest BCUT2D eigenvalue weighted by atomic mass is 16.1. The molecule has 0 spiro atoms. The second-order valence-corrected chi connectivity index (χ2v) is 5.32. The van der Waals surface area contributed by atoms with Gasteiger partial charge in [-0.15, -0.1) is 0 Å². The molecular formula is C19H17N3O. The molecule has 0 aliphatic heterocycles. The summed E-state index contributed by atoms with van der Waals surface area (Å²) >= 11 is 0. The summed E-state index contributed by atoms with van der Waals surface area (Å²) in [5, 5.41) is 2.85. The van der Waals surface area contributed by atoms with Gasteiger partial charge in [0, 0.05) is 12.4 Å². The Labute approximate surface area is 134 Å². The second kappa shape index (κ2) is 6.40. The standard InChI is InChI=1S/C19H17N3O/c1-3-19(23)22-13(2)14-4-6-15(7-5-14)16-8-9-17-18(12-16)21-11-10-20-17/h3-13H,1H2,2H3,(H,22,23)/t13-/m1/s1. The van der Waals surface area contributed by atoms with E-state index in [1.807, 2.05) is 49.4 Å². The number of hydrogen-bond donors (Lipinski definition) is 1. The molecule has 3 rings (SSSR count). The molecule has 0 aliphatic carbocycles. The van der Waals surface area contributed by atoms with Crippen LogP contribution in [0.2, 0.25) is 0 Å². The van der Waals surface area contributed by atoms with Crippen molar-refractivity contribution in [3.63, 3.8) is 0 Å². The maximum Gasteiger partial charge on any atom is 0.243 e. The van der Waals surface area contributed by atoms with Gasteiger partial charge in [0.25, 0.3) is 0 Å². The van der Waals surface area contributed by atoms with Gasteiger partial charge >= 0.3 is 0 Å². The number of carbonyl (C=O) groups is 1. The van der Waals surface area contributed by atoms with Crippen molar-refractivity contribution in [2.45, 2.75) is 13.0 Å². The number of amides is 1. The summed E-state index contributed by atoms with van der Waals surface area (Å²) in [5.74, 6) is -0.172. The minimum atomic E-state index is -0.172. The van der Waals surface area contributed by atoms with E-state index in [1.165, 1.54) is 6.08 Å². The average molecular weight is 303 g/mol. The molecule has 0 saturated carbocycles. The molecule has 0 aliphatic rings. The normalized spacial score (nSPS) is 11.9. The Bertz CT molecular complexity index is 856. The zero-order valence-corrected chi connectivity index (χ0v) is 12.9. The molecule has 4 nitrogen and oxygen atoms in total. The molecule has 3 aromatic rings. The van der Waals surface area contributed by atoms with Gasteiger partial charge in [-0.25, -0.2) is 0 Å². The molecule has 23 heavy (non-hydrogen) atoms. The Balaban J connectivity index is 1.85. The van der Waals surface area contributed by atoms with E-state index in [4.69, 9.17) is 0 Å². The van der Waals surface area contributed by atoms with Crippen LogP contribution >= 0.6 is 0 Å². The van der Waals surface area contributed by atoms with Crippen LogP contribution in [0.5, 0.6) is 0 Å². The van der Waals surface area contributed by atoms with Gasteiger partial charge in [-0.1, -0.05) is 36.9 Å². The highest BCUT2D eigenvalue weighted by molar-refractivity contribution is 5.87. The minimum absolute atomic E-state index is 0.0583. The van der Waals surface area contributed by atoms with E-state index in [0.29, 0.717) is 0 Å². The van der Waals surface area contributed by atoms with E-state index >= 15 is 0 Å². The fraction of sp³-hybridized carbons (Fsp3) is 0.105. The maximum absolute atomic E-state index is 11.4. The van der Waals surface area contributed by atoms with Crippen LogP contribution in [0.1, 0.15) is 18.5 Å². The van der Waals surface area contributed by atoms with Crippen LogP contribution in [-0.2, 0) is 4.79 Å². The SMILES string of the molecule is C=CC(=O)N[C@H](C)c1ccc(-c2ccc3nccnc3c2)cc1. The first-order valence-corrected chi connectivity index (χ1v) is 7.41. The van der Waals surface area contributed by atoms with E-state index in [1.54, 1.807) is 12.4 Å². The van der Waals surface area contributed by atoms with Gasteiger partial charge in [0.05, 0.1) is 17.1 Å². The lowest BCUT2D eigenvalue weighted by atomic mass is 10.0. The highest BCUT2D eigenvalue weighted by Crippen LogP contribution is 2.24. The largest absolute Gasteiger partial charge is 0.346 e. The average Bonchev–Trinajstić information content (AvgIpc) is 2.61. The van der Waals surface area contributed by atoms with Crippen molar-refractivity contribution in [1.29, 1.82) is 0 Å². The number of rotatable bonds is 4. The number of carbonyl (C=O) groups excluding carboxylic acids is 1. The smallest absolute Gasteiger partial charge is 0.243 e. The van der Waals surface area contributed by atoms with Crippen LogP contribution in [0.15, 0.2) is 67.5 Å². The summed E-state index contributed by atoms with van der Waals surface area (Å²) in [4.78, 5) is 20.0. The topological polar surface area (TPSA) is 54.9 Å². The summed E-state index contributed by atoms with van der Waals surface area (Å²) in [6.07, 6.45) is 4.66. The maximum atomic E-state index is 11.4. The minimum Gasteiger partial charge on any atom is -0.346 e. The van der Waals surface area contributed by atoms with Crippen LogP contribution in [0.25, 0.3) is 22.2 Å². The molecule has 2 aromatic carbocycles. The van der Waals surface area contributed by atoms with Crippen LogP contribution in [0.3, 0.4) is 0 Å². The summed E-state index contributed by atoms with van der Waals surface area (Å²) < 4.78 is 0. The van der Waals surface area contributed by atoms with Crippen molar-refractivity contribution in [2.24, 2.45) is 0 Å². The fourth-order valence-electron chi connectivity index (χ4n) is 2.46. The van der Waals surface area contributed by atoms with Crippen LogP contribution in [0, 0.1) is 0 Å². The van der Waals surface area contributed by atoms with Gasteiger partial charge in [-0.2, -0.15) is 0 Å². The molecule has 4 heteroatoms. The van der Waals surface area contributed by atoms with Crippen molar-refractivity contribution in [3.8, 4) is 11.1 Å². The lowest BCUT2D eigenvalue weighted by molar-refractivity contribution is -0.117. The van der Waals surface area contributed by atoms with Crippen molar-refractivity contribution in [3.05, 3.63) is 73.1 Å². The molecular weight excluding hydrogens is 286 g/mol. The lowest BCUT2D eigenvalue weighted by Crippen LogP contribution is -2.24. The number of benzene rings is 2. The first-order valence-electron chi connectivity index (χ1n) is 7.41. The Morgan fingerprint density at radius 3 is 2.39 bits per heavy atom. The van der Waals surface area contributed by atoms with E-state index in [2.05, 4.69) is 21.9 Å². The van der Waals surface area contributed by atoms with E-state index in [9.17, 15) is 4.79 Å². The number of nitrogens with zero attached hydrogens (tertiary/aromatic N) is 2.